The Morgan fingerprint density at radius 3 is 2.48 bits per heavy atom. The number of amides is 1. The molecule has 1 heterocycles. The van der Waals surface area contributed by atoms with Gasteiger partial charge in [0.1, 0.15) is 5.75 Å². The topological polar surface area (TPSA) is 106 Å². The number of ether oxygens (including phenoxy) is 1. The number of carbonyl (C=O) groups is 1. The van der Waals surface area contributed by atoms with Crippen molar-refractivity contribution in [3.8, 4) is 17.6 Å². The summed E-state index contributed by atoms with van der Waals surface area (Å²) in [6.07, 6.45) is 1.79. The van der Waals surface area contributed by atoms with Gasteiger partial charge in [-0.1, -0.05) is 11.8 Å². The van der Waals surface area contributed by atoms with E-state index in [2.05, 4.69) is 16.8 Å². The number of hydrogen-bond donors (Lipinski definition) is 1. The molecule has 140 valence electrons. The Bertz CT molecular complexity index is 938. The lowest BCUT2D eigenvalue weighted by molar-refractivity contribution is -0.384. The highest BCUT2D eigenvalue weighted by atomic mass is 16.6. The number of hydrogen-bond acceptors (Lipinski definition) is 5. The summed E-state index contributed by atoms with van der Waals surface area (Å²) in [4.78, 5) is 27.4. The van der Waals surface area contributed by atoms with Crippen LogP contribution in [0, 0.1) is 22.0 Å². The third kappa shape index (κ3) is 4.52. The average Bonchev–Trinajstić information content (AvgIpc) is 2.59. The molecule has 0 aliphatic heterocycles. The van der Waals surface area contributed by atoms with Crippen LogP contribution in [0.1, 0.15) is 31.9 Å². The SMILES string of the molecule is COc1ccc([N+](=O)[O-])cc1C#Cc1ccncc1N(C(=O)O)C(C)(C)C. The third-order valence-corrected chi connectivity index (χ3v) is 3.63. The van der Waals surface area contributed by atoms with Gasteiger partial charge in [-0.15, -0.1) is 0 Å². The number of non-ortho nitro benzene ring substituents is 1. The zero-order chi connectivity index (χ0) is 20.2. The molecule has 0 saturated heterocycles. The lowest BCUT2D eigenvalue weighted by Gasteiger charge is -2.33. The first-order valence-electron chi connectivity index (χ1n) is 7.96. The largest absolute Gasteiger partial charge is 0.495 e. The Morgan fingerprint density at radius 1 is 1.26 bits per heavy atom. The van der Waals surface area contributed by atoms with E-state index in [0.717, 1.165) is 0 Å². The third-order valence-electron chi connectivity index (χ3n) is 3.63. The number of nitro groups is 1. The molecule has 1 amide bonds. The fourth-order valence-corrected chi connectivity index (χ4v) is 2.46. The van der Waals surface area contributed by atoms with Gasteiger partial charge in [0.25, 0.3) is 5.69 Å². The van der Waals surface area contributed by atoms with E-state index in [4.69, 9.17) is 4.74 Å². The van der Waals surface area contributed by atoms with Crippen LogP contribution in [0.15, 0.2) is 36.7 Å². The fraction of sp³-hybridized carbons (Fsp3) is 0.263. The van der Waals surface area contributed by atoms with Crippen LogP contribution in [0.5, 0.6) is 5.75 Å². The number of aromatic nitrogens is 1. The maximum absolute atomic E-state index is 11.7. The summed E-state index contributed by atoms with van der Waals surface area (Å²) >= 11 is 0. The molecule has 1 aromatic heterocycles. The van der Waals surface area contributed by atoms with E-state index in [9.17, 15) is 20.0 Å². The summed E-state index contributed by atoms with van der Waals surface area (Å²) in [5.41, 5.74) is 0.253. The molecule has 0 aliphatic rings. The van der Waals surface area contributed by atoms with Crippen molar-refractivity contribution in [3.63, 3.8) is 0 Å². The number of nitro benzene ring substituents is 1. The first-order valence-corrected chi connectivity index (χ1v) is 7.96. The summed E-state index contributed by atoms with van der Waals surface area (Å²) in [6.45, 7) is 5.28. The second-order valence-corrected chi connectivity index (χ2v) is 6.57. The zero-order valence-corrected chi connectivity index (χ0v) is 15.4. The lowest BCUT2D eigenvalue weighted by atomic mass is 10.0. The molecule has 0 atom stereocenters. The average molecular weight is 369 g/mol. The van der Waals surface area contributed by atoms with E-state index in [0.29, 0.717) is 22.6 Å². The van der Waals surface area contributed by atoms with Gasteiger partial charge < -0.3 is 9.84 Å². The molecule has 0 spiro atoms. The number of benzene rings is 1. The van der Waals surface area contributed by atoms with Crippen LogP contribution in [-0.2, 0) is 0 Å². The summed E-state index contributed by atoms with van der Waals surface area (Å²) in [5.74, 6) is 6.10. The summed E-state index contributed by atoms with van der Waals surface area (Å²) in [5, 5.41) is 20.6. The van der Waals surface area contributed by atoms with Gasteiger partial charge in [-0.2, -0.15) is 0 Å². The molecular formula is C19H19N3O5. The van der Waals surface area contributed by atoms with Crippen molar-refractivity contribution < 1.29 is 19.6 Å². The van der Waals surface area contributed by atoms with Gasteiger partial charge in [0.2, 0.25) is 0 Å². The van der Waals surface area contributed by atoms with E-state index in [1.165, 1.54) is 42.6 Å². The Balaban J connectivity index is 2.57. The number of nitrogens with zero attached hydrogens (tertiary/aromatic N) is 3. The molecule has 1 N–H and O–H groups in total. The number of carboxylic acid groups (broad SMARTS) is 1. The normalized spacial score (nSPS) is 10.5. The van der Waals surface area contributed by atoms with E-state index in [-0.39, 0.29) is 5.69 Å². The maximum Gasteiger partial charge on any atom is 0.412 e. The van der Waals surface area contributed by atoms with E-state index in [1.54, 1.807) is 26.8 Å². The van der Waals surface area contributed by atoms with Crippen molar-refractivity contribution in [1.29, 1.82) is 0 Å². The Labute approximate surface area is 156 Å². The van der Waals surface area contributed by atoms with E-state index >= 15 is 0 Å². The van der Waals surface area contributed by atoms with Gasteiger partial charge in [-0.25, -0.2) is 4.79 Å². The molecule has 0 saturated carbocycles. The molecule has 0 radical (unpaired) electrons. The van der Waals surface area contributed by atoms with Crippen LogP contribution in [-0.4, -0.2) is 33.8 Å². The monoisotopic (exact) mass is 369 g/mol. The minimum absolute atomic E-state index is 0.114. The molecule has 0 fully saturated rings. The van der Waals surface area contributed by atoms with Crippen LogP contribution in [0.25, 0.3) is 0 Å². The molecule has 8 nitrogen and oxygen atoms in total. The number of pyridine rings is 1. The first kappa shape index (κ1) is 19.7. The number of methoxy groups -OCH3 is 1. The van der Waals surface area contributed by atoms with Gasteiger partial charge >= 0.3 is 6.09 Å². The summed E-state index contributed by atoms with van der Waals surface area (Å²) in [7, 11) is 1.44. The van der Waals surface area contributed by atoms with Gasteiger partial charge in [-0.3, -0.25) is 20.0 Å². The van der Waals surface area contributed by atoms with E-state index < -0.39 is 16.6 Å². The van der Waals surface area contributed by atoms with Crippen LogP contribution in [0.3, 0.4) is 0 Å². The quantitative estimate of drug-likeness (QED) is 0.502. The molecule has 27 heavy (non-hydrogen) atoms. The van der Waals surface area contributed by atoms with Crippen molar-refractivity contribution >= 4 is 17.5 Å². The zero-order valence-electron chi connectivity index (χ0n) is 15.4. The molecule has 1 aromatic carbocycles. The molecule has 0 aliphatic carbocycles. The van der Waals surface area contributed by atoms with Crippen LogP contribution >= 0.6 is 0 Å². The van der Waals surface area contributed by atoms with Crippen molar-refractivity contribution in [3.05, 3.63) is 57.9 Å². The molecule has 0 unspecified atom stereocenters. The second-order valence-electron chi connectivity index (χ2n) is 6.57. The highest BCUT2D eigenvalue weighted by Gasteiger charge is 2.29. The van der Waals surface area contributed by atoms with Crippen molar-refractivity contribution in [2.24, 2.45) is 0 Å². The molecule has 8 heteroatoms. The van der Waals surface area contributed by atoms with Crippen molar-refractivity contribution in [1.82, 2.24) is 4.98 Å². The predicted octanol–water partition coefficient (Wildman–Crippen LogP) is 3.68. The van der Waals surface area contributed by atoms with Crippen LogP contribution in [0.2, 0.25) is 0 Å². The highest BCUT2D eigenvalue weighted by molar-refractivity contribution is 5.89. The Hall–Kier alpha value is -3.60. The van der Waals surface area contributed by atoms with Crippen molar-refractivity contribution in [2.45, 2.75) is 26.3 Å². The van der Waals surface area contributed by atoms with Gasteiger partial charge in [0.05, 0.1) is 35.0 Å². The second kappa shape index (κ2) is 7.74. The molecule has 2 rings (SSSR count). The molecule has 2 aromatic rings. The van der Waals surface area contributed by atoms with Gasteiger partial charge in [0, 0.05) is 23.9 Å². The van der Waals surface area contributed by atoms with Crippen LogP contribution < -0.4 is 9.64 Å². The van der Waals surface area contributed by atoms with Gasteiger partial charge in [0.15, 0.2) is 0 Å². The Kier molecular flexibility index (Phi) is 5.66. The van der Waals surface area contributed by atoms with Crippen LogP contribution in [0.4, 0.5) is 16.2 Å². The number of anilines is 1. The smallest absolute Gasteiger partial charge is 0.412 e. The number of rotatable bonds is 3. The van der Waals surface area contributed by atoms with Gasteiger partial charge in [-0.05, 0) is 32.9 Å². The van der Waals surface area contributed by atoms with Crippen molar-refractivity contribution in [2.75, 3.05) is 12.0 Å². The Morgan fingerprint density at radius 2 is 1.93 bits per heavy atom. The predicted molar refractivity (Wildman–Crippen MR) is 100 cm³/mol. The van der Waals surface area contributed by atoms with E-state index in [1.807, 2.05) is 0 Å². The minimum Gasteiger partial charge on any atom is -0.495 e. The fourth-order valence-electron chi connectivity index (χ4n) is 2.46. The lowest BCUT2D eigenvalue weighted by Crippen LogP contribution is -2.45. The molecular weight excluding hydrogens is 350 g/mol. The summed E-state index contributed by atoms with van der Waals surface area (Å²) in [6, 6.07) is 5.70. The molecule has 0 bridgehead atoms. The maximum atomic E-state index is 11.7. The minimum atomic E-state index is -1.13. The first-order chi connectivity index (χ1) is 12.6. The standard InChI is InChI=1S/C19H19N3O5/c1-19(2,3)21(18(23)24)16-12-20-10-9-13(16)5-6-14-11-15(22(25)26)7-8-17(14)27-4/h7-12H,1-4H3,(H,23,24). The summed E-state index contributed by atoms with van der Waals surface area (Å²) < 4.78 is 5.20. The highest BCUT2D eigenvalue weighted by Crippen LogP contribution is 2.27.